The predicted octanol–water partition coefficient (Wildman–Crippen LogP) is 3.27. The van der Waals surface area contributed by atoms with Gasteiger partial charge in [0, 0.05) is 21.1 Å². The summed E-state index contributed by atoms with van der Waals surface area (Å²) in [5.74, 6) is 0.199. The first kappa shape index (κ1) is 15.4. The standard InChI is InChI=1S/C13H12ClF2NO2S/c14-7-1-2-10-9(3-7)12(20-6-8(19)5-18)4-11(17-10)13(15)16/h1-4,8,13,18-19H,5-6H2/t8-/m0/s1. The van der Waals surface area contributed by atoms with E-state index in [4.69, 9.17) is 16.7 Å². The molecule has 1 atom stereocenters. The average molecular weight is 320 g/mol. The second-order valence-electron chi connectivity index (χ2n) is 4.15. The number of alkyl halides is 2. The van der Waals surface area contributed by atoms with Gasteiger partial charge in [0.2, 0.25) is 0 Å². The summed E-state index contributed by atoms with van der Waals surface area (Å²) in [6.45, 7) is -0.377. The van der Waals surface area contributed by atoms with Crippen LogP contribution in [0, 0.1) is 0 Å². The number of aromatic nitrogens is 1. The molecular weight excluding hydrogens is 308 g/mol. The van der Waals surface area contributed by atoms with Gasteiger partial charge in [0.05, 0.1) is 18.2 Å². The Morgan fingerprint density at radius 1 is 1.30 bits per heavy atom. The fraction of sp³-hybridized carbons (Fsp3) is 0.308. The summed E-state index contributed by atoms with van der Waals surface area (Å²) in [7, 11) is 0. The molecule has 2 N–H and O–H groups in total. The summed E-state index contributed by atoms with van der Waals surface area (Å²) >= 11 is 7.09. The van der Waals surface area contributed by atoms with Gasteiger partial charge in [0.1, 0.15) is 5.69 Å². The summed E-state index contributed by atoms with van der Waals surface area (Å²) < 4.78 is 25.7. The summed E-state index contributed by atoms with van der Waals surface area (Å²) in [6.07, 6.45) is -3.57. The van der Waals surface area contributed by atoms with Crippen LogP contribution in [0.1, 0.15) is 12.1 Å². The van der Waals surface area contributed by atoms with E-state index < -0.39 is 12.5 Å². The maximum atomic E-state index is 12.8. The van der Waals surface area contributed by atoms with Crippen LogP contribution in [0.15, 0.2) is 29.2 Å². The molecule has 0 amide bonds. The Balaban J connectivity index is 2.45. The van der Waals surface area contributed by atoms with Gasteiger partial charge >= 0.3 is 0 Å². The van der Waals surface area contributed by atoms with E-state index in [1.165, 1.54) is 17.8 Å². The van der Waals surface area contributed by atoms with E-state index in [-0.39, 0.29) is 18.1 Å². The molecule has 1 aromatic heterocycles. The molecule has 2 rings (SSSR count). The molecule has 2 aromatic rings. The van der Waals surface area contributed by atoms with Crippen molar-refractivity contribution in [2.75, 3.05) is 12.4 Å². The number of fused-ring (bicyclic) bond motifs is 1. The van der Waals surface area contributed by atoms with Crippen molar-refractivity contribution in [3.63, 3.8) is 0 Å². The van der Waals surface area contributed by atoms with Crippen LogP contribution in [-0.4, -0.2) is 33.7 Å². The van der Waals surface area contributed by atoms with Crippen LogP contribution >= 0.6 is 23.4 Å². The fourth-order valence-corrected chi connectivity index (χ4v) is 2.83. The Morgan fingerprint density at radius 2 is 2.05 bits per heavy atom. The van der Waals surface area contributed by atoms with Crippen LogP contribution in [0.25, 0.3) is 10.9 Å². The Hall–Kier alpha value is -0.950. The van der Waals surface area contributed by atoms with Gasteiger partial charge < -0.3 is 10.2 Å². The Kier molecular flexibility index (Phi) is 5.15. The smallest absolute Gasteiger partial charge is 0.280 e. The highest BCUT2D eigenvalue weighted by Crippen LogP contribution is 2.32. The van der Waals surface area contributed by atoms with E-state index in [2.05, 4.69) is 4.98 Å². The normalized spacial score (nSPS) is 13.1. The minimum atomic E-state index is -2.67. The lowest BCUT2D eigenvalue weighted by molar-refractivity contribution is 0.113. The van der Waals surface area contributed by atoms with Crippen LogP contribution in [-0.2, 0) is 0 Å². The fourth-order valence-electron chi connectivity index (χ4n) is 1.66. The van der Waals surface area contributed by atoms with E-state index in [0.717, 1.165) is 0 Å². The molecule has 0 spiro atoms. The number of pyridine rings is 1. The number of hydrogen-bond acceptors (Lipinski definition) is 4. The number of rotatable bonds is 5. The molecular formula is C13H12ClF2NO2S. The minimum Gasteiger partial charge on any atom is -0.394 e. The lowest BCUT2D eigenvalue weighted by Crippen LogP contribution is -2.14. The molecule has 0 saturated carbocycles. The molecule has 20 heavy (non-hydrogen) atoms. The third-order valence-corrected chi connectivity index (χ3v) is 4.05. The SMILES string of the molecule is OC[C@H](O)CSc1cc(C(F)F)nc2ccc(Cl)cc12. The molecule has 0 radical (unpaired) electrons. The van der Waals surface area contributed by atoms with E-state index >= 15 is 0 Å². The Morgan fingerprint density at radius 3 is 2.70 bits per heavy atom. The Labute approximate surface area is 123 Å². The summed E-state index contributed by atoms with van der Waals surface area (Å²) in [5, 5.41) is 19.3. The quantitative estimate of drug-likeness (QED) is 0.831. The summed E-state index contributed by atoms with van der Waals surface area (Å²) in [6, 6.07) is 6.10. The zero-order valence-electron chi connectivity index (χ0n) is 10.3. The highest BCUT2D eigenvalue weighted by atomic mass is 35.5. The first-order valence-electron chi connectivity index (χ1n) is 5.81. The number of nitrogens with zero attached hydrogens (tertiary/aromatic N) is 1. The van der Waals surface area contributed by atoms with Crippen molar-refractivity contribution in [3.05, 3.63) is 35.0 Å². The van der Waals surface area contributed by atoms with Gasteiger partial charge in [-0.3, -0.25) is 0 Å². The van der Waals surface area contributed by atoms with Crippen LogP contribution in [0.5, 0.6) is 0 Å². The second-order valence-corrected chi connectivity index (χ2v) is 5.65. The van der Waals surface area contributed by atoms with Crippen molar-refractivity contribution in [2.45, 2.75) is 17.4 Å². The number of benzene rings is 1. The third-order valence-electron chi connectivity index (χ3n) is 2.62. The average Bonchev–Trinajstić information content (AvgIpc) is 2.44. The molecule has 0 aliphatic carbocycles. The Bertz CT molecular complexity index is 612. The molecule has 1 aromatic carbocycles. The highest BCUT2D eigenvalue weighted by molar-refractivity contribution is 7.99. The first-order chi connectivity index (χ1) is 9.51. The van der Waals surface area contributed by atoms with Crippen LogP contribution in [0.2, 0.25) is 5.02 Å². The van der Waals surface area contributed by atoms with Crippen molar-refractivity contribution >= 4 is 34.3 Å². The second kappa shape index (κ2) is 6.67. The molecule has 0 aliphatic heterocycles. The van der Waals surface area contributed by atoms with Crippen LogP contribution in [0.3, 0.4) is 0 Å². The van der Waals surface area contributed by atoms with Gasteiger partial charge in [-0.1, -0.05) is 11.6 Å². The van der Waals surface area contributed by atoms with Crippen molar-refractivity contribution < 1.29 is 19.0 Å². The van der Waals surface area contributed by atoms with Crippen molar-refractivity contribution in [3.8, 4) is 0 Å². The largest absolute Gasteiger partial charge is 0.394 e. The van der Waals surface area contributed by atoms with Crippen molar-refractivity contribution in [2.24, 2.45) is 0 Å². The molecule has 0 fully saturated rings. The number of aliphatic hydroxyl groups is 2. The maximum absolute atomic E-state index is 12.8. The first-order valence-corrected chi connectivity index (χ1v) is 7.17. The van der Waals surface area contributed by atoms with E-state index in [1.807, 2.05) is 0 Å². The van der Waals surface area contributed by atoms with Gasteiger partial charge in [0.25, 0.3) is 6.43 Å². The van der Waals surface area contributed by atoms with Gasteiger partial charge in [-0.15, -0.1) is 11.8 Å². The third kappa shape index (κ3) is 3.58. The van der Waals surface area contributed by atoms with Crippen LogP contribution in [0.4, 0.5) is 8.78 Å². The van der Waals surface area contributed by atoms with E-state index in [9.17, 15) is 13.9 Å². The molecule has 3 nitrogen and oxygen atoms in total. The zero-order chi connectivity index (χ0) is 14.7. The molecule has 1 heterocycles. The van der Waals surface area contributed by atoms with E-state index in [1.54, 1.807) is 18.2 Å². The molecule has 108 valence electrons. The van der Waals surface area contributed by atoms with Crippen molar-refractivity contribution in [1.29, 1.82) is 0 Å². The van der Waals surface area contributed by atoms with E-state index in [0.29, 0.717) is 20.8 Å². The van der Waals surface area contributed by atoms with Gasteiger partial charge in [-0.05, 0) is 24.3 Å². The summed E-state index contributed by atoms with van der Waals surface area (Å²) in [5.41, 5.74) is 0.106. The number of thioether (sulfide) groups is 1. The van der Waals surface area contributed by atoms with Gasteiger partial charge in [-0.2, -0.15) is 0 Å². The van der Waals surface area contributed by atoms with Crippen LogP contribution < -0.4 is 0 Å². The summed E-state index contributed by atoms with van der Waals surface area (Å²) in [4.78, 5) is 4.45. The lowest BCUT2D eigenvalue weighted by Gasteiger charge is -2.11. The number of halogens is 3. The predicted molar refractivity (Wildman–Crippen MR) is 75.5 cm³/mol. The lowest BCUT2D eigenvalue weighted by atomic mass is 10.2. The maximum Gasteiger partial charge on any atom is 0.280 e. The molecule has 0 aliphatic rings. The topological polar surface area (TPSA) is 53.4 Å². The molecule has 0 saturated heterocycles. The minimum absolute atomic E-state index is 0.199. The molecule has 7 heteroatoms. The zero-order valence-corrected chi connectivity index (χ0v) is 11.8. The highest BCUT2D eigenvalue weighted by Gasteiger charge is 2.15. The molecule has 0 unspecified atom stereocenters. The number of aliphatic hydroxyl groups excluding tert-OH is 2. The van der Waals surface area contributed by atoms with Crippen molar-refractivity contribution in [1.82, 2.24) is 4.98 Å². The number of hydrogen-bond donors (Lipinski definition) is 2. The monoisotopic (exact) mass is 319 g/mol. The van der Waals surface area contributed by atoms with Gasteiger partial charge in [-0.25, -0.2) is 13.8 Å². The molecule has 0 bridgehead atoms. The van der Waals surface area contributed by atoms with Gasteiger partial charge in [0.15, 0.2) is 0 Å².